The third kappa shape index (κ3) is 6.05. The summed E-state index contributed by atoms with van der Waals surface area (Å²) in [4.78, 5) is 2.52. The zero-order valence-corrected chi connectivity index (χ0v) is 16.4. The highest BCUT2D eigenvalue weighted by Gasteiger charge is 2.18. The zero-order chi connectivity index (χ0) is 18.2. The van der Waals surface area contributed by atoms with E-state index in [-0.39, 0.29) is 0 Å². The van der Waals surface area contributed by atoms with Gasteiger partial charge in [-0.2, -0.15) is 0 Å². The number of halogens is 2. The molecule has 0 saturated carbocycles. The second-order valence-electron chi connectivity index (χ2n) is 6.77. The first-order valence-corrected chi connectivity index (χ1v) is 9.98. The largest absolute Gasteiger partial charge is 0.494 e. The minimum Gasteiger partial charge on any atom is -0.494 e. The quantitative estimate of drug-likeness (QED) is 0.559. The summed E-state index contributed by atoms with van der Waals surface area (Å²) in [5, 5.41) is 1.11. The number of piperidine rings is 1. The molecule has 1 heterocycles. The number of nitrogens with zero attached hydrogens (tertiary/aromatic N) is 1. The van der Waals surface area contributed by atoms with E-state index in [1.165, 1.54) is 18.4 Å². The highest BCUT2D eigenvalue weighted by molar-refractivity contribution is 6.42. The van der Waals surface area contributed by atoms with Gasteiger partial charge in [0.15, 0.2) is 0 Å². The van der Waals surface area contributed by atoms with Crippen molar-refractivity contribution in [3.63, 3.8) is 0 Å². The fraction of sp³-hybridized carbons (Fsp3) is 0.364. The van der Waals surface area contributed by atoms with Gasteiger partial charge in [0, 0.05) is 12.6 Å². The van der Waals surface area contributed by atoms with E-state index in [1.807, 2.05) is 12.1 Å². The predicted octanol–water partition coefficient (Wildman–Crippen LogP) is 6.19. The lowest BCUT2D eigenvalue weighted by atomic mass is 9.94. The molecular weight excluding hydrogens is 365 g/mol. The SMILES string of the molecule is Clc1ccc(OCCC2CCN(C/C=C/c3ccccc3)CC2)cc1Cl. The normalized spacial score (nSPS) is 16.2. The maximum absolute atomic E-state index is 6.02. The first-order valence-electron chi connectivity index (χ1n) is 9.22. The summed E-state index contributed by atoms with van der Waals surface area (Å²) in [5.74, 6) is 1.54. The molecule has 2 nitrogen and oxygen atoms in total. The van der Waals surface area contributed by atoms with Crippen molar-refractivity contribution in [3.05, 3.63) is 70.2 Å². The minimum atomic E-state index is 0.543. The molecule has 0 unspecified atom stereocenters. The maximum atomic E-state index is 6.02. The Hall–Kier alpha value is -1.48. The van der Waals surface area contributed by atoms with Crippen LogP contribution in [0.1, 0.15) is 24.8 Å². The summed E-state index contributed by atoms with van der Waals surface area (Å²) < 4.78 is 5.82. The Labute approximate surface area is 166 Å². The minimum absolute atomic E-state index is 0.543. The molecule has 0 aromatic heterocycles. The molecule has 3 rings (SSSR count). The van der Waals surface area contributed by atoms with Crippen molar-refractivity contribution in [1.82, 2.24) is 4.90 Å². The van der Waals surface area contributed by atoms with Crippen LogP contribution in [0.4, 0.5) is 0 Å². The predicted molar refractivity (Wildman–Crippen MR) is 111 cm³/mol. The van der Waals surface area contributed by atoms with E-state index < -0.39 is 0 Å². The summed E-state index contributed by atoms with van der Waals surface area (Å²) >= 11 is 11.9. The Morgan fingerprint density at radius 1 is 1.00 bits per heavy atom. The molecule has 0 N–H and O–H groups in total. The molecule has 0 aliphatic carbocycles. The molecule has 2 aromatic rings. The van der Waals surface area contributed by atoms with Gasteiger partial charge in [0.05, 0.1) is 16.7 Å². The average Bonchev–Trinajstić information content (AvgIpc) is 2.67. The molecule has 4 heteroatoms. The van der Waals surface area contributed by atoms with E-state index in [9.17, 15) is 0 Å². The number of ether oxygens (including phenoxy) is 1. The van der Waals surface area contributed by atoms with Crippen LogP contribution in [-0.4, -0.2) is 31.1 Å². The number of hydrogen-bond donors (Lipinski definition) is 0. The summed E-state index contributed by atoms with van der Waals surface area (Å²) in [6.45, 7) is 4.09. The molecule has 0 spiro atoms. The summed E-state index contributed by atoms with van der Waals surface area (Å²) in [6.07, 6.45) is 8.04. The van der Waals surface area contributed by atoms with Crippen molar-refractivity contribution >= 4 is 29.3 Å². The number of rotatable bonds is 7. The second kappa shape index (κ2) is 10.0. The summed E-state index contributed by atoms with van der Waals surface area (Å²) in [6, 6.07) is 15.9. The van der Waals surface area contributed by atoms with E-state index >= 15 is 0 Å². The van der Waals surface area contributed by atoms with Crippen molar-refractivity contribution < 1.29 is 4.74 Å². The van der Waals surface area contributed by atoms with Crippen molar-refractivity contribution in [3.8, 4) is 5.75 Å². The van der Waals surface area contributed by atoms with Gasteiger partial charge in [0.1, 0.15) is 5.75 Å². The molecule has 0 amide bonds. The molecule has 1 aliphatic rings. The van der Waals surface area contributed by atoms with Crippen LogP contribution in [0.2, 0.25) is 10.0 Å². The molecule has 0 bridgehead atoms. The Balaban J connectivity index is 1.33. The molecule has 0 radical (unpaired) electrons. The van der Waals surface area contributed by atoms with Crippen molar-refractivity contribution in [2.24, 2.45) is 5.92 Å². The van der Waals surface area contributed by atoms with E-state index in [4.69, 9.17) is 27.9 Å². The third-order valence-corrected chi connectivity index (χ3v) is 5.61. The Morgan fingerprint density at radius 3 is 2.50 bits per heavy atom. The highest BCUT2D eigenvalue weighted by Crippen LogP contribution is 2.27. The van der Waals surface area contributed by atoms with Gasteiger partial charge in [-0.25, -0.2) is 0 Å². The van der Waals surface area contributed by atoms with E-state index in [0.717, 1.165) is 44.3 Å². The molecule has 1 aliphatic heterocycles. The van der Waals surface area contributed by atoms with Crippen LogP contribution < -0.4 is 4.74 Å². The summed E-state index contributed by atoms with van der Waals surface area (Å²) in [7, 11) is 0. The van der Waals surface area contributed by atoms with Crippen LogP contribution >= 0.6 is 23.2 Å². The first kappa shape index (κ1) is 19.3. The van der Waals surface area contributed by atoms with Gasteiger partial charge in [-0.05, 0) is 56.0 Å². The first-order chi connectivity index (χ1) is 12.7. The second-order valence-corrected chi connectivity index (χ2v) is 7.58. The van der Waals surface area contributed by atoms with Crippen LogP contribution in [0, 0.1) is 5.92 Å². The Bertz CT molecular complexity index is 709. The molecule has 2 aromatic carbocycles. The van der Waals surface area contributed by atoms with Crippen molar-refractivity contribution in [1.29, 1.82) is 0 Å². The molecule has 26 heavy (non-hydrogen) atoms. The van der Waals surface area contributed by atoms with E-state index in [1.54, 1.807) is 12.1 Å². The lowest BCUT2D eigenvalue weighted by molar-refractivity contribution is 0.175. The van der Waals surface area contributed by atoms with Gasteiger partial charge >= 0.3 is 0 Å². The van der Waals surface area contributed by atoms with Crippen molar-refractivity contribution in [2.75, 3.05) is 26.2 Å². The molecule has 1 saturated heterocycles. The summed E-state index contributed by atoms with van der Waals surface area (Å²) in [5.41, 5.74) is 1.27. The topological polar surface area (TPSA) is 12.5 Å². The Morgan fingerprint density at radius 2 is 1.77 bits per heavy atom. The molecule has 138 valence electrons. The molecular formula is C22H25Cl2NO. The van der Waals surface area contributed by atoms with Crippen LogP contribution in [0.3, 0.4) is 0 Å². The van der Waals surface area contributed by atoms with Gasteiger partial charge in [0.25, 0.3) is 0 Å². The molecule has 1 fully saturated rings. The van der Waals surface area contributed by atoms with Gasteiger partial charge in [-0.1, -0.05) is 65.7 Å². The standard InChI is InChI=1S/C22H25Cl2NO/c23-21-9-8-20(17-22(21)24)26-16-12-19-10-14-25(15-11-19)13-4-7-18-5-2-1-3-6-18/h1-9,17,19H,10-16H2/b7-4+. The van der Waals surface area contributed by atoms with Crippen LogP contribution in [-0.2, 0) is 0 Å². The van der Waals surface area contributed by atoms with Crippen LogP contribution in [0.25, 0.3) is 6.08 Å². The van der Waals surface area contributed by atoms with Gasteiger partial charge < -0.3 is 4.74 Å². The monoisotopic (exact) mass is 389 g/mol. The zero-order valence-electron chi connectivity index (χ0n) is 14.9. The fourth-order valence-electron chi connectivity index (χ4n) is 3.27. The number of benzene rings is 2. The smallest absolute Gasteiger partial charge is 0.120 e. The maximum Gasteiger partial charge on any atom is 0.120 e. The van der Waals surface area contributed by atoms with Gasteiger partial charge in [0.2, 0.25) is 0 Å². The fourth-order valence-corrected chi connectivity index (χ4v) is 3.56. The Kier molecular flexibility index (Phi) is 7.43. The van der Waals surface area contributed by atoms with Crippen molar-refractivity contribution in [2.45, 2.75) is 19.3 Å². The molecule has 0 atom stereocenters. The van der Waals surface area contributed by atoms with Gasteiger partial charge in [-0.3, -0.25) is 4.90 Å². The lowest BCUT2D eigenvalue weighted by Gasteiger charge is -2.31. The lowest BCUT2D eigenvalue weighted by Crippen LogP contribution is -2.34. The van der Waals surface area contributed by atoms with Crippen LogP contribution in [0.5, 0.6) is 5.75 Å². The van der Waals surface area contributed by atoms with Gasteiger partial charge in [-0.15, -0.1) is 0 Å². The highest BCUT2D eigenvalue weighted by atomic mass is 35.5. The third-order valence-electron chi connectivity index (χ3n) is 4.87. The van der Waals surface area contributed by atoms with Crippen LogP contribution in [0.15, 0.2) is 54.6 Å². The van der Waals surface area contributed by atoms with E-state index in [0.29, 0.717) is 10.0 Å². The number of likely N-dealkylation sites (tertiary alicyclic amines) is 1. The number of hydrogen-bond acceptors (Lipinski definition) is 2. The average molecular weight is 390 g/mol. The van der Waals surface area contributed by atoms with E-state index in [2.05, 4.69) is 41.3 Å².